The fourth-order valence-corrected chi connectivity index (χ4v) is 2.27. The Morgan fingerprint density at radius 2 is 1.88 bits per heavy atom. The third kappa shape index (κ3) is 4.83. The Labute approximate surface area is 101 Å². The van der Waals surface area contributed by atoms with Gasteiger partial charge in [0.25, 0.3) is 0 Å². The van der Waals surface area contributed by atoms with E-state index < -0.39 is 10.0 Å². The number of anilines is 1. The lowest BCUT2D eigenvalue weighted by Crippen LogP contribution is -2.26. The van der Waals surface area contributed by atoms with E-state index in [-0.39, 0.29) is 5.75 Å². The molecule has 0 fully saturated rings. The van der Waals surface area contributed by atoms with Crippen LogP contribution in [0.1, 0.15) is 6.92 Å². The second-order valence-corrected chi connectivity index (χ2v) is 5.56. The summed E-state index contributed by atoms with van der Waals surface area (Å²) in [6.45, 7) is 3.13. The topological polar surface area (TPSA) is 58.2 Å². The molecule has 0 heterocycles. The molecule has 2 N–H and O–H groups in total. The predicted octanol–water partition coefficient (Wildman–Crippen LogP) is 1.69. The zero-order valence-electron chi connectivity index (χ0n) is 9.03. The van der Waals surface area contributed by atoms with E-state index in [1.54, 1.807) is 24.3 Å². The van der Waals surface area contributed by atoms with Crippen molar-refractivity contribution < 1.29 is 8.42 Å². The summed E-state index contributed by atoms with van der Waals surface area (Å²) in [6, 6.07) is 6.55. The molecule has 0 atom stereocenters. The van der Waals surface area contributed by atoms with Crippen LogP contribution in [-0.4, -0.2) is 27.3 Å². The number of sulfonamides is 1. The van der Waals surface area contributed by atoms with Gasteiger partial charge in [-0.05, 0) is 30.8 Å². The Balaban J connectivity index is 2.55. The first-order valence-electron chi connectivity index (χ1n) is 5.00. The van der Waals surface area contributed by atoms with Gasteiger partial charge in [-0.3, -0.25) is 4.72 Å². The summed E-state index contributed by atoms with van der Waals surface area (Å²) in [7, 11) is -3.28. The summed E-state index contributed by atoms with van der Waals surface area (Å²) >= 11 is 5.70. The van der Waals surface area contributed by atoms with Crippen LogP contribution in [0.15, 0.2) is 24.3 Å². The summed E-state index contributed by atoms with van der Waals surface area (Å²) in [5.41, 5.74) is 0.529. The van der Waals surface area contributed by atoms with Crippen LogP contribution in [-0.2, 0) is 10.0 Å². The maximum absolute atomic E-state index is 11.6. The van der Waals surface area contributed by atoms with E-state index in [0.717, 1.165) is 6.54 Å². The molecule has 0 bridgehead atoms. The van der Waals surface area contributed by atoms with Gasteiger partial charge >= 0.3 is 0 Å². The Morgan fingerprint density at radius 1 is 1.25 bits per heavy atom. The highest BCUT2D eigenvalue weighted by molar-refractivity contribution is 7.92. The average Bonchev–Trinajstić information content (AvgIpc) is 2.21. The lowest BCUT2D eigenvalue weighted by molar-refractivity contribution is 0.597. The van der Waals surface area contributed by atoms with Gasteiger partial charge in [0.2, 0.25) is 10.0 Å². The molecule has 0 aliphatic carbocycles. The van der Waals surface area contributed by atoms with Crippen LogP contribution in [0.2, 0.25) is 5.02 Å². The minimum Gasteiger partial charge on any atom is -0.316 e. The molecule has 0 radical (unpaired) electrons. The van der Waals surface area contributed by atoms with Crippen molar-refractivity contribution in [2.24, 2.45) is 0 Å². The highest BCUT2D eigenvalue weighted by atomic mass is 35.5. The first-order valence-corrected chi connectivity index (χ1v) is 7.03. The number of halogens is 1. The zero-order chi connectivity index (χ0) is 12.0. The number of hydrogen-bond donors (Lipinski definition) is 2. The van der Waals surface area contributed by atoms with Gasteiger partial charge in [-0.1, -0.05) is 18.5 Å². The fourth-order valence-electron chi connectivity index (χ4n) is 1.13. The number of benzene rings is 1. The summed E-state index contributed by atoms with van der Waals surface area (Å²) in [5, 5.41) is 3.54. The van der Waals surface area contributed by atoms with Gasteiger partial charge < -0.3 is 5.32 Å². The normalized spacial score (nSPS) is 11.4. The minimum atomic E-state index is -3.28. The van der Waals surface area contributed by atoms with E-state index in [2.05, 4.69) is 10.0 Å². The lowest BCUT2D eigenvalue weighted by atomic mass is 10.3. The standard InChI is InChI=1S/C10H15ClN2O2S/c1-2-12-7-8-16(14,15)13-10-5-3-9(11)4-6-10/h3-6,12-13H,2,7-8H2,1H3. The highest BCUT2D eigenvalue weighted by Crippen LogP contribution is 2.14. The maximum atomic E-state index is 11.6. The Morgan fingerprint density at radius 3 is 2.44 bits per heavy atom. The molecule has 0 saturated heterocycles. The third-order valence-electron chi connectivity index (χ3n) is 1.92. The molecule has 4 nitrogen and oxygen atoms in total. The summed E-state index contributed by atoms with van der Waals surface area (Å²) in [4.78, 5) is 0. The van der Waals surface area contributed by atoms with Crippen LogP contribution >= 0.6 is 11.6 Å². The molecule has 6 heteroatoms. The van der Waals surface area contributed by atoms with Gasteiger partial charge in [0, 0.05) is 17.3 Å². The molecule has 0 saturated carbocycles. The van der Waals surface area contributed by atoms with Crippen molar-refractivity contribution in [1.82, 2.24) is 5.32 Å². The Kier molecular flexibility index (Phi) is 5.05. The molecule has 0 unspecified atom stereocenters. The molecular formula is C10H15ClN2O2S. The number of rotatable bonds is 6. The van der Waals surface area contributed by atoms with Crippen molar-refractivity contribution in [3.05, 3.63) is 29.3 Å². The smallest absolute Gasteiger partial charge is 0.233 e. The monoisotopic (exact) mass is 262 g/mol. The summed E-state index contributed by atoms with van der Waals surface area (Å²) in [6.07, 6.45) is 0. The number of nitrogens with one attached hydrogen (secondary N) is 2. The van der Waals surface area contributed by atoms with Crippen LogP contribution < -0.4 is 10.0 Å². The van der Waals surface area contributed by atoms with E-state index in [1.807, 2.05) is 6.92 Å². The first-order chi connectivity index (χ1) is 7.53. The van der Waals surface area contributed by atoms with Crippen molar-refractivity contribution in [3.63, 3.8) is 0 Å². The second kappa shape index (κ2) is 6.08. The SMILES string of the molecule is CCNCCS(=O)(=O)Nc1ccc(Cl)cc1. The molecule has 0 amide bonds. The van der Waals surface area contributed by atoms with Gasteiger partial charge in [-0.25, -0.2) is 8.42 Å². The van der Waals surface area contributed by atoms with Gasteiger partial charge in [0.05, 0.1) is 5.75 Å². The second-order valence-electron chi connectivity index (χ2n) is 3.28. The molecular weight excluding hydrogens is 248 g/mol. The van der Waals surface area contributed by atoms with Crippen LogP contribution in [0.4, 0.5) is 5.69 Å². The minimum absolute atomic E-state index is 0.0590. The average molecular weight is 263 g/mol. The molecule has 1 aromatic carbocycles. The molecule has 0 spiro atoms. The van der Waals surface area contributed by atoms with E-state index in [4.69, 9.17) is 11.6 Å². The van der Waals surface area contributed by atoms with Crippen molar-refractivity contribution in [3.8, 4) is 0 Å². The quantitative estimate of drug-likeness (QED) is 0.767. The first kappa shape index (κ1) is 13.3. The maximum Gasteiger partial charge on any atom is 0.233 e. The van der Waals surface area contributed by atoms with Gasteiger partial charge in [-0.15, -0.1) is 0 Å². The molecule has 0 aliphatic heterocycles. The number of hydrogen-bond acceptors (Lipinski definition) is 3. The predicted molar refractivity (Wildman–Crippen MR) is 67.4 cm³/mol. The van der Waals surface area contributed by atoms with Gasteiger partial charge in [-0.2, -0.15) is 0 Å². The zero-order valence-corrected chi connectivity index (χ0v) is 10.6. The largest absolute Gasteiger partial charge is 0.316 e. The van der Waals surface area contributed by atoms with Crippen molar-refractivity contribution in [1.29, 1.82) is 0 Å². The van der Waals surface area contributed by atoms with Crippen molar-refractivity contribution >= 4 is 27.3 Å². The Bertz CT molecular complexity index is 417. The van der Waals surface area contributed by atoms with Crippen molar-refractivity contribution in [2.75, 3.05) is 23.6 Å². The van der Waals surface area contributed by atoms with E-state index >= 15 is 0 Å². The molecule has 90 valence electrons. The van der Waals surface area contributed by atoms with Crippen LogP contribution in [0.25, 0.3) is 0 Å². The van der Waals surface area contributed by atoms with Crippen LogP contribution in [0, 0.1) is 0 Å². The molecule has 0 aromatic heterocycles. The molecule has 1 aromatic rings. The lowest BCUT2D eigenvalue weighted by Gasteiger charge is -2.08. The molecule has 0 aliphatic rings. The summed E-state index contributed by atoms with van der Waals surface area (Å²) in [5.74, 6) is 0.0590. The van der Waals surface area contributed by atoms with Crippen molar-refractivity contribution in [2.45, 2.75) is 6.92 Å². The highest BCUT2D eigenvalue weighted by Gasteiger charge is 2.09. The Hall–Kier alpha value is -0.780. The fraction of sp³-hybridized carbons (Fsp3) is 0.400. The molecule has 1 rings (SSSR count). The summed E-state index contributed by atoms with van der Waals surface area (Å²) < 4.78 is 25.6. The van der Waals surface area contributed by atoms with E-state index in [0.29, 0.717) is 17.3 Å². The van der Waals surface area contributed by atoms with Gasteiger partial charge in [0.15, 0.2) is 0 Å². The van der Waals surface area contributed by atoms with Crippen LogP contribution in [0.3, 0.4) is 0 Å². The van der Waals surface area contributed by atoms with E-state index in [1.165, 1.54) is 0 Å². The molecule has 16 heavy (non-hydrogen) atoms. The third-order valence-corrected chi connectivity index (χ3v) is 3.46. The van der Waals surface area contributed by atoms with E-state index in [9.17, 15) is 8.42 Å². The van der Waals surface area contributed by atoms with Crippen LogP contribution in [0.5, 0.6) is 0 Å². The van der Waals surface area contributed by atoms with Gasteiger partial charge in [0.1, 0.15) is 0 Å².